The number of hydrogen-bond acceptors (Lipinski definition) is 5. The molecule has 7 nitrogen and oxygen atoms in total. The van der Waals surface area contributed by atoms with Crippen LogP contribution in [0.1, 0.15) is 24.7 Å². The standard InChI is InChI=1S/C19H18ClF3N4O3S/c1-30-16-5-4-13(11-14(16)20)31(28,29)26-9-6-12(7-10-26)27-17-15(3-2-8-24-17)25-18(27)19(21,22)23/h2-5,8,11-12H,6-7,9-10H2,1H3. The quantitative estimate of drug-likeness (QED) is 0.568. The van der Waals surface area contributed by atoms with Gasteiger partial charge in [-0.1, -0.05) is 11.6 Å². The highest BCUT2D eigenvalue weighted by molar-refractivity contribution is 7.89. The first-order valence-electron chi connectivity index (χ1n) is 9.37. The first-order valence-corrected chi connectivity index (χ1v) is 11.2. The lowest BCUT2D eigenvalue weighted by Gasteiger charge is -2.32. The van der Waals surface area contributed by atoms with E-state index in [1.807, 2.05) is 0 Å². The maximum absolute atomic E-state index is 13.6. The third-order valence-corrected chi connectivity index (χ3v) is 7.44. The SMILES string of the molecule is COc1ccc(S(=O)(=O)N2CCC(n3c(C(F)(F)F)nc4cccnc43)CC2)cc1Cl. The molecule has 0 saturated carbocycles. The molecule has 0 radical (unpaired) electrons. The van der Waals surface area contributed by atoms with Crippen LogP contribution in [0.5, 0.6) is 5.75 Å². The maximum Gasteiger partial charge on any atom is 0.449 e. The summed E-state index contributed by atoms with van der Waals surface area (Å²) < 4.78 is 74.1. The number of rotatable bonds is 4. The van der Waals surface area contributed by atoms with Crippen molar-refractivity contribution in [2.45, 2.75) is 30.0 Å². The van der Waals surface area contributed by atoms with Crippen molar-refractivity contribution in [1.29, 1.82) is 0 Å². The fraction of sp³-hybridized carbons (Fsp3) is 0.368. The van der Waals surface area contributed by atoms with E-state index in [0.717, 1.165) is 4.57 Å². The highest BCUT2D eigenvalue weighted by Crippen LogP contribution is 2.37. The lowest BCUT2D eigenvalue weighted by molar-refractivity contribution is -0.147. The van der Waals surface area contributed by atoms with Gasteiger partial charge >= 0.3 is 6.18 Å². The third kappa shape index (κ3) is 3.97. The van der Waals surface area contributed by atoms with Crippen molar-refractivity contribution < 1.29 is 26.3 Å². The Bertz CT molecular complexity index is 1220. The van der Waals surface area contributed by atoms with E-state index in [0.29, 0.717) is 5.75 Å². The average molecular weight is 475 g/mol. The Morgan fingerprint density at radius 1 is 1.19 bits per heavy atom. The molecule has 1 aliphatic rings. The normalized spacial score (nSPS) is 16.7. The van der Waals surface area contributed by atoms with Gasteiger partial charge in [-0.15, -0.1) is 0 Å². The lowest BCUT2D eigenvalue weighted by atomic mass is 10.1. The van der Waals surface area contributed by atoms with Crippen molar-refractivity contribution in [3.8, 4) is 5.75 Å². The zero-order valence-corrected chi connectivity index (χ0v) is 17.9. The van der Waals surface area contributed by atoms with Crippen LogP contribution in [0.3, 0.4) is 0 Å². The highest BCUT2D eigenvalue weighted by atomic mass is 35.5. The predicted octanol–water partition coefficient (Wildman–Crippen LogP) is 4.14. The minimum absolute atomic E-state index is 0.00229. The molecule has 1 saturated heterocycles. The Balaban J connectivity index is 1.60. The van der Waals surface area contributed by atoms with Gasteiger partial charge < -0.3 is 9.30 Å². The number of nitrogens with zero attached hydrogens (tertiary/aromatic N) is 4. The van der Waals surface area contributed by atoms with Crippen molar-refractivity contribution >= 4 is 32.8 Å². The van der Waals surface area contributed by atoms with Gasteiger partial charge in [-0.05, 0) is 43.2 Å². The summed E-state index contributed by atoms with van der Waals surface area (Å²) in [7, 11) is -2.43. The van der Waals surface area contributed by atoms with Gasteiger partial charge in [0.05, 0.1) is 17.0 Å². The molecule has 1 aromatic carbocycles. The van der Waals surface area contributed by atoms with E-state index in [1.54, 1.807) is 0 Å². The van der Waals surface area contributed by atoms with Crippen molar-refractivity contribution in [3.63, 3.8) is 0 Å². The maximum atomic E-state index is 13.6. The van der Waals surface area contributed by atoms with E-state index >= 15 is 0 Å². The van der Waals surface area contributed by atoms with Gasteiger partial charge in [-0.2, -0.15) is 17.5 Å². The summed E-state index contributed by atoms with van der Waals surface area (Å²) in [5, 5.41) is 0.157. The van der Waals surface area contributed by atoms with Crippen molar-refractivity contribution in [2.24, 2.45) is 0 Å². The van der Waals surface area contributed by atoms with Crippen LogP contribution in [-0.2, 0) is 16.2 Å². The molecular formula is C19H18ClF3N4O3S. The minimum atomic E-state index is -4.65. The number of piperidine rings is 1. The summed E-state index contributed by atoms with van der Waals surface area (Å²) in [5.74, 6) is -0.678. The van der Waals surface area contributed by atoms with Crippen molar-refractivity contribution in [2.75, 3.05) is 20.2 Å². The molecule has 1 aliphatic heterocycles. The molecule has 4 rings (SSSR count). The largest absolute Gasteiger partial charge is 0.495 e. The Labute approximate surface area is 181 Å². The van der Waals surface area contributed by atoms with Gasteiger partial charge in [0, 0.05) is 25.3 Å². The van der Waals surface area contributed by atoms with Crippen LogP contribution >= 0.6 is 11.6 Å². The van der Waals surface area contributed by atoms with Gasteiger partial charge in [0.2, 0.25) is 15.8 Å². The number of pyridine rings is 1. The van der Waals surface area contributed by atoms with Crippen LogP contribution in [0.2, 0.25) is 5.02 Å². The molecule has 0 spiro atoms. The highest BCUT2D eigenvalue weighted by Gasteiger charge is 2.41. The molecular weight excluding hydrogens is 457 g/mol. The zero-order chi connectivity index (χ0) is 22.4. The number of halogens is 4. The molecule has 0 unspecified atom stereocenters. The van der Waals surface area contributed by atoms with Crippen LogP contribution in [0.15, 0.2) is 41.4 Å². The number of fused-ring (bicyclic) bond motifs is 1. The molecule has 1 fully saturated rings. The number of sulfonamides is 1. The second kappa shape index (κ2) is 7.95. The van der Waals surface area contributed by atoms with E-state index in [2.05, 4.69) is 9.97 Å². The van der Waals surface area contributed by atoms with Crippen LogP contribution in [0.4, 0.5) is 13.2 Å². The summed E-state index contributed by atoms with van der Waals surface area (Å²) >= 11 is 6.05. The molecule has 166 valence electrons. The Kier molecular flexibility index (Phi) is 5.61. The zero-order valence-electron chi connectivity index (χ0n) is 16.3. The van der Waals surface area contributed by atoms with Crippen LogP contribution < -0.4 is 4.74 Å². The Morgan fingerprint density at radius 3 is 2.52 bits per heavy atom. The van der Waals surface area contributed by atoms with Crippen molar-refractivity contribution in [1.82, 2.24) is 18.8 Å². The first kappa shape index (κ1) is 21.8. The number of imidazole rings is 1. The predicted molar refractivity (Wildman–Crippen MR) is 108 cm³/mol. The number of hydrogen-bond donors (Lipinski definition) is 0. The first-order chi connectivity index (χ1) is 14.6. The summed E-state index contributed by atoms with van der Waals surface area (Å²) in [4.78, 5) is 7.79. The molecule has 31 heavy (non-hydrogen) atoms. The van der Waals surface area contributed by atoms with Gasteiger partial charge in [-0.25, -0.2) is 18.4 Å². The van der Waals surface area contributed by atoms with E-state index in [9.17, 15) is 21.6 Å². The summed E-state index contributed by atoms with van der Waals surface area (Å²) in [6.07, 6.45) is -2.86. The topological polar surface area (TPSA) is 77.3 Å². The summed E-state index contributed by atoms with van der Waals surface area (Å²) in [5.41, 5.74) is 0.288. The number of methoxy groups -OCH3 is 1. The Hall–Kier alpha value is -2.37. The average Bonchev–Trinajstić information content (AvgIpc) is 3.14. The number of alkyl halides is 3. The second-order valence-corrected chi connectivity index (χ2v) is 9.43. The fourth-order valence-corrected chi connectivity index (χ4v) is 5.59. The Morgan fingerprint density at radius 2 is 1.90 bits per heavy atom. The summed E-state index contributed by atoms with van der Waals surface area (Å²) in [6.45, 7) is 0.112. The number of ether oxygens (including phenoxy) is 1. The summed E-state index contributed by atoms with van der Waals surface area (Å²) in [6, 6.07) is 6.57. The second-order valence-electron chi connectivity index (χ2n) is 7.08. The lowest BCUT2D eigenvalue weighted by Crippen LogP contribution is -2.39. The molecule has 3 heterocycles. The van der Waals surface area contributed by atoms with Gasteiger partial charge in [0.1, 0.15) is 11.3 Å². The van der Waals surface area contributed by atoms with Crippen LogP contribution in [-0.4, -0.2) is 47.5 Å². The number of benzene rings is 1. The minimum Gasteiger partial charge on any atom is -0.495 e. The van der Waals surface area contributed by atoms with Gasteiger partial charge in [0.15, 0.2) is 5.65 Å². The van der Waals surface area contributed by atoms with Crippen LogP contribution in [0, 0.1) is 0 Å². The molecule has 0 aliphatic carbocycles. The third-order valence-electron chi connectivity index (χ3n) is 5.25. The number of aromatic nitrogens is 3. The smallest absolute Gasteiger partial charge is 0.449 e. The molecule has 3 aromatic rings. The molecule has 0 amide bonds. The van der Waals surface area contributed by atoms with E-state index < -0.39 is 28.1 Å². The van der Waals surface area contributed by atoms with Crippen molar-refractivity contribution in [3.05, 3.63) is 47.4 Å². The van der Waals surface area contributed by atoms with Gasteiger partial charge in [-0.3, -0.25) is 0 Å². The van der Waals surface area contributed by atoms with Crippen LogP contribution in [0.25, 0.3) is 11.2 Å². The fourth-order valence-electron chi connectivity index (χ4n) is 3.77. The monoisotopic (exact) mass is 474 g/mol. The van der Waals surface area contributed by atoms with E-state index in [1.165, 1.54) is 47.9 Å². The molecule has 12 heteroatoms. The molecule has 0 bridgehead atoms. The molecule has 2 aromatic heterocycles. The van der Waals surface area contributed by atoms with Gasteiger partial charge in [0.25, 0.3) is 0 Å². The molecule has 0 N–H and O–H groups in total. The molecule has 0 atom stereocenters. The van der Waals surface area contributed by atoms with E-state index in [-0.39, 0.29) is 47.0 Å². The van der Waals surface area contributed by atoms with E-state index in [4.69, 9.17) is 16.3 Å².